The second-order valence-corrected chi connectivity index (χ2v) is 7.15. The molecule has 30 heavy (non-hydrogen) atoms. The number of imidazole rings is 1. The number of hydrogen-bond acceptors (Lipinski definition) is 4. The first-order valence-corrected chi connectivity index (χ1v) is 9.59. The molecule has 0 aliphatic heterocycles. The molecule has 4 rings (SSSR count). The maximum atomic E-state index is 12.7. The Hall–Kier alpha value is -3.87. The highest BCUT2D eigenvalue weighted by atomic mass is 16.5. The summed E-state index contributed by atoms with van der Waals surface area (Å²) in [6.45, 7) is 5.36. The minimum atomic E-state index is -0.305. The van der Waals surface area contributed by atoms with Crippen molar-refractivity contribution >= 4 is 23.0 Å². The lowest BCUT2D eigenvalue weighted by Gasteiger charge is -2.08. The summed E-state index contributed by atoms with van der Waals surface area (Å²) in [5.74, 6) is 0.247. The summed E-state index contributed by atoms with van der Waals surface area (Å²) in [5, 5.41) is 2.86. The van der Waals surface area contributed by atoms with Gasteiger partial charge in [0.1, 0.15) is 23.7 Å². The van der Waals surface area contributed by atoms with E-state index < -0.39 is 0 Å². The minimum absolute atomic E-state index is 0.0670. The molecule has 7 nitrogen and oxygen atoms in total. The molecule has 1 aromatic carbocycles. The predicted molar refractivity (Wildman–Crippen MR) is 114 cm³/mol. The third-order valence-electron chi connectivity index (χ3n) is 4.91. The Morgan fingerprint density at radius 1 is 1.17 bits per heavy atom. The first kappa shape index (κ1) is 19.4. The van der Waals surface area contributed by atoms with Crippen LogP contribution in [0.5, 0.6) is 5.75 Å². The van der Waals surface area contributed by atoms with E-state index >= 15 is 0 Å². The third kappa shape index (κ3) is 3.82. The molecule has 0 aliphatic carbocycles. The van der Waals surface area contributed by atoms with Crippen LogP contribution in [0.1, 0.15) is 44.7 Å². The molecule has 0 atom stereocenters. The van der Waals surface area contributed by atoms with Crippen molar-refractivity contribution in [1.29, 1.82) is 0 Å². The van der Waals surface area contributed by atoms with Gasteiger partial charge in [-0.15, -0.1) is 0 Å². The summed E-state index contributed by atoms with van der Waals surface area (Å²) in [6.07, 6.45) is 3.85. The van der Waals surface area contributed by atoms with Gasteiger partial charge in [-0.05, 0) is 50.6 Å². The highest BCUT2D eigenvalue weighted by molar-refractivity contribution is 6.07. The average Bonchev–Trinajstić information content (AvgIpc) is 3.26. The van der Waals surface area contributed by atoms with E-state index in [-0.39, 0.29) is 11.7 Å². The second-order valence-electron chi connectivity index (χ2n) is 7.15. The van der Waals surface area contributed by atoms with E-state index in [0.717, 1.165) is 11.3 Å². The number of pyridine rings is 1. The van der Waals surface area contributed by atoms with Gasteiger partial charge in [0, 0.05) is 35.4 Å². The first-order valence-electron chi connectivity index (χ1n) is 9.59. The fourth-order valence-corrected chi connectivity index (χ4v) is 3.58. The van der Waals surface area contributed by atoms with Gasteiger partial charge in [0.25, 0.3) is 5.91 Å². The van der Waals surface area contributed by atoms with Crippen molar-refractivity contribution in [2.75, 3.05) is 5.32 Å². The molecular weight excluding hydrogens is 380 g/mol. The molecule has 0 unspecified atom stereocenters. The molecule has 3 heterocycles. The number of ketones is 1. The van der Waals surface area contributed by atoms with E-state index in [2.05, 4.69) is 15.3 Å². The zero-order valence-electron chi connectivity index (χ0n) is 17.0. The summed E-state index contributed by atoms with van der Waals surface area (Å²) in [6, 6.07) is 13.0. The van der Waals surface area contributed by atoms with Crippen LogP contribution in [0.2, 0.25) is 0 Å². The van der Waals surface area contributed by atoms with Crippen molar-refractivity contribution in [2.24, 2.45) is 0 Å². The number of amides is 1. The van der Waals surface area contributed by atoms with Crippen molar-refractivity contribution in [3.05, 3.63) is 83.1 Å². The van der Waals surface area contributed by atoms with Gasteiger partial charge in [-0.3, -0.25) is 9.59 Å². The average molecular weight is 402 g/mol. The molecule has 152 valence electrons. The summed E-state index contributed by atoms with van der Waals surface area (Å²) in [5.41, 5.74) is 4.55. The van der Waals surface area contributed by atoms with Gasteiger partial charge in [-0.2, -0.15) is 0 Å². The van der Waals surface area contributed by atoms with Crippen LogP contribution in [0.25, 0.3) is 5.65 Å². The van der Waals surface area contributed by atoms with Gasteiger partial charge >= 0.3 is 0 Å². The molecule has 0 radical (unpaired) electrons. The number of carbonyl (C=O) groups is 2. The normalized spacial score (nSPS) is 10.9. The zero-order chi connectivity index (χ0) is 21.3. The van der Waals surface area contributed by atoms with Crippen molar-refractivity contribution in [1.82, 2.24) is 14.4 Å². The topological polar surface area (TPSA) is 88.5 Å². The van der Waals surface area contributed by atoms with Crippen molar-refractivity contribution in [3.63, 3.8) is 0 Å². The Kier molecular flexibility index (Phi) is 5.10. The smallest absolute Gasteiger partial charge is 0.272 e. The minimum Gasteiger partial charge on any atom is -0.487 e. The Labute approximate surface area is 173 Å². The van der Waals surface area contributed by atoms with Crippen LogP contribution in [-0.2, 0) is 6.61 Å². The zero-order valence-corrected chi connectivity index (χ0v) is 17.0. The monoisotopic (exact) mass is 402 g/mol. The lowest BCUT2D eigenvalue weighted by atomic mass is 10.1. The Bertz CT molecular complexity index is 1220. The van der Waals surface area contributed by atoms with Crippen LogP contribution in [0, 0.1) is 13.8 Å². The number of nitrogens with one attached hydrogen (secondary N) is 2. The largest absolute Gasteiger partial charge is 0.487 e. The molecule has 4 aromatic rings. The maximum Gasteiger partial charge on any atom is 0.272 e. The number of rotatable bonds is 6. The molecule has 2 N–H and O–H groups in total. The standard InChI is InChI=1S/C23H22N4O3/c1-14-21(16(3)28)15(2)24-22(14)23(29)26-17-7-6-8-19(11-17)30-13-18-12-27-10-5-4-9-20(27)25-18/h4-12,24H,13H2,1-3H3,(H,26,29). The van der Waals surface area contributed by atoms with Crippen LogP contribution in [0.15, 0.2) is 54.9 Å². The van der Waals surface area contributed by atoms with Gasteiger partial charge in [0.2, 0.25) is 0 Å². The second kappa shape index (κ2) is 7.87. The van der Waals surface area contributed by atoms with Crippen molar-refractivity contribution in [2.45, 2.75) is 27.4 Å². The molecule has 0 bridgehead atoms. The summed E-state index contributed by atoms with van der Waals surface area (Å²) >= 11 is 0. The molecular formula is C23H22N4O3. The highest BCUT2D eigenvalue weighted by Crippen LogP contribution is 2.22. The Balaban J connectivity index is 1.46. The number of fused-ring (bicyclic) bond motifs is 1. The molecule has 0 aliphatic rings. The Morgan fingerprint density at radius 3 is 2.73 bits per heavy atom. The van der Waals surface area contributed by atoms with Gasteiger partial charge in [0.15, 0.2) is 5.78 Å². The van der Waals surface area contributed by atoms with Crippen molar-refractivity contribution in [3.8, 4) is 5.75 Å². The van der Waals surface area contributed by atoms with Gasteiger partial charge < -0.3 is 19.4 Å². The lowest BCUT2D eigenvalue weighted by molar-refractivity contribution is 0.101. The number of nitrogens with zero attached hydrogens (tertiary/aromatic N) is 2. The lowest BCUT2D eigenvalue weighted by Crippen LogP contribution is -2.14. The first-order chi connectivity index (χ1) is 14.4. The van der Waals surface area contributed by atoms with Crippen LogP contribution in [0.3, 0.4) is 0 Å². The predicted octanol–water partition coefficient (Wildman–Crippen LogP) is 4.31. The number of carbonyl (C=O) groups excluding carboxylic acids is 2. The van der Waals surface area contributed by atoms with Crippen LogP contribution in [0.4, 0.5) is 5.69 Å². The quantitative estimate of drug-likeness (QED) is 0.470. The molecule has 0 fully saturated rings. The van der Waals surface area contributed by atoms with E-state index in [1.54, 1.807) is 26.0 Å². The van der Waals surface area contributed by atoms with Crippen LogP contribution < -0.4 is 10.1 Å². The molecule has 1 amide bonds. The summed E-state index contributed by atoms with van der Waals surface area (Å²) in [7, 11) is 0. The summed E-state index contributed by atoms with van der Waals surface area (Å²) < 4.78 is 7.78. The number of benzene rings is 1. The molecule has 0 saturated carbocycles. The van der Waals surface area contributed by atoms with E-state index in [1.807, 2.05) is 47.1 Å². The fourth-order valence-electron chi connectivity index (χ4n) is 3.58. The number of ether oxygens (including phenoxy) is 1. The SMILES string of the molecule is CC(=O)c1c(C)[nH]c(C(=O)Nc2cccc(OCc3cn4ccccc4n3)c2)c1C. The fraction of sp³-hybridized carbons (Fsp3) is 0.174. The molecule has 0 saturated heterocycles. The number of aromatic nitrogens is 3. The van der Waals surface area contributed by atoms with E-state index in [1.165, 1.54) is 6.92 Å². The van der Waals surface area contributed by atoms with Crippen molar-refractivity contribution < 1.29 is 14.3 Å². The van der Waals surface area contributed by atoms with E-state index in [0.29, 0.717) is 40.6 Å². The Morgan fingerprint density at radius 2 is 2.00 bits per heavy atom. The maximum absolute atomic E-state index is 12.7. The van der Waals surface area contributed by atoms with E-state index in [4.69, 9.17) is 4.74 Å². The van der Waals surface area contributed by atoms with Gasteiger partial charge in [-0.25, -0.2) is 4.98 Å². The van der Waals surface area contributed by atoms with E-state index in [9.17, 15) is 9.59 Å². The number of aromatic amines is 1. The number of hydrogen-bond donors (Lipinski definition) is 2. The van der Waals surface area contributed by atoms with Crippen LogP contribution in [-0.4, -0.2) is 26.1 Å². The number of H-pyrrole nitrogens is 1. The molecule has 3 aromatic heterocycles. The van der Waals surface area contributed by atoms with Gasteiger partial charge in [0.05, 0.1) is 5.69 Å². The number of anilines is 1. The third-order valence-corrected chi connectivity index (χ3v) is 4.91. The number of Topliss-reactive ketones (excluding diaryl/α,β-unsaturated/α-hetero) is 1. The molecule has 7 heteroatoms. The number of aryl methyl sites for hydroxylation is 1. The molecule has 0 spiro atoms. The van der Waals surface area contributed by atoms with Gasteiger partial charge in [-0.1, -0.05) is 12.1 Å². The van der Waals surface area contributed by atoms with Crippen LogP contribution >= 0.6 is 0 Å². The summed E-state index contributed by atoms with van der Waals surface area (Å²) in [4.78, 5) is 32.0. The highest BCUT2D eigenvalue weighted by Gasteiger charge is 2.20.